The van der Waals surface area contributed by atoms with Crippen molar-refractivity contribution in [2.45, 2.75) is 45.6 Å². The van der Waals surface area contributed by atoms with Crippen molar-refractivity contribution in [1.82, 2.24) is 0 Å². The van der Waals surface area contributed by atoms with Crippen LogP contribution in [0.25, 0.3) is 0 Å². The van der Waals surface area contributed by atoms with Gasteiger partial charge in [0.25, 0.3) is 0 Å². The van der Waals surface area contributed by atoms with E-state index in [-0.39, 0.29) is 0 Å². The molecule has 0 spiro atoms. The Balaban J connectivity index is 2.24. The van der Waals surface area contributed by atoms with Gasteiger partial charge in [0, 0.05) is 0 Å². The van der Waals surface area contributed by atoms with Crippen molar-refractivity contribution in [3.8, 4) is 0 Å². The molecule has 2 rings (SSSR count). The SMILES string of the molecule is CC1CC(C)(C)CCC1(O)c1ccsc1. The van der Waals surface area contributed by atoms with Crippen molar-refractivity contribution in [2.75, 3.05) is 0 Å². The fourth-order valence-corrected chi connectivity index (χ4v) is 3.55. The van der Waals surface area contributed by atoms with Gasteiger partial charge >= 0.3 is 0 Å². The zero-order chi connectivity index (χ0) is 11.1. The predicted octanol–water partition coefficient (Wildman–Crippen LogP) is 3.78. The third kappa shape index (κ3) is 1.98. The van der Waals surface area contributed by atoms with E-state index in [1.165, 1.54) is 0 Å². The van der Waals surface area contributed by atoms with Crippen LogP contribution < -0.4 is 0 Å². The second-order valence-corrected chi connectivity index (χ2v) is 6.49. The summed E-state index contributed by atoms with van der Waals surface area (Å²) in [7, 11) is 0. The van der Waals surface area contributed by atoms with Crippen LogP contribution in [0, 0.1) is 11.3 Å². The van der Waals surface area contributed by atoms with E-state index in [0.29, 0.717) is 11.3 Å². The summed E-state index contributed by atoms with van der Waals surface area (Å²) < 4.78 is 0. The summed E-state index contributed by atoms with van der Waals surface area (Å²) in [6.07, 6.45) is 3.13. The van der Waals surface area contributed by atoms with E-state index in [1.807, 2.05) is 0 Å². The molecule has 1 aliphatic rings. The molecule has 1 aromatic heterocycles. The second-order valence-electron chi connectivity index (χ2n) is 5.71. The van der Waals surface area contributed by atoms with Crippen molar-refractivity contribution in [1.29, 1.82) is 0 Å². The molecule has 1 aliphatic carbocycles. The summed E-state index contributed by atoms with van der Waals surface area (Å²) in [4.78, 5) is 0. The van der Waals surface area contributed by atoms with Crippen LogP contribution in [-0.2, 0) is 5.60 Å². The number of thiophene rings is 1. The Bertz CT molecular complexity index is 328. The normalized spacial score (nSPS) is 35.3. The molecule has 1 saturated carbocycles. The smallest absolute Gasteiger partial charge is 0.0930 e. The van der Waals surface area contributed by atoms with Gasteiger partial charge in [-0.05, 0) is 53.0 Å². The standard InChI is InChI=1S/C13H20OS/c1-10-8-12(2,3)5-6-13(10,14)11-4-7-15-9-11/h4,7,9-10,14H,5-6,8H2,1-3H3. The molecule has 15 heavy (non-hydrogen) atoms. The summed E-state index contributed by atoms with van der Waals surface area (Å²) >= 11 is 1.67. The van der Waals surface area contributed by atoms with Crippen LogP contribution in [0.2, 0.25) is 0 Å². The van der Waals surface area contributed by atoms with Crippen molar-refractivity contribution in [3.05, 3.63) is 22.4 Å². The van der Waals surface area contributed by atoms with Crippen LogP contribution in [0.5, 0.6) is 0 Å². The maximum atomic E-state index is 10.7. The van der Waals surface area contributed by atoms with Crippen LogP contribution >= 0.6 is 11.3 Å². The number of rotatable bonds is 1. The number of hydrogen-bond donors (Lipinski definition) is 1. The van der Waals surface area contributed by atoms with Crippen LogP contribution in [0.3, 0.4) is 0 Å². The predicted molar refractivity (Wildman–Crippen MR) is 65.0 cm³/mol. The Hall–Kier alpha value is -0.340. The lowest BCUT2D eigenvalue weighted by atomic mass is 9.64. The lowest BCUT2D eigenvalue weighted by Crippen LogP contribution is -2.41. The molecule has 0 aromatic carbocycles. The van der Waals surface area contributed by atoms with E-state index in [9.17, 15) is 5.11 Å². The number of hydrogen-bond acceptors (Lipinski definition) is 2. The minimum absolute atomic E-state index is 0.357. The molecule has 2 atom stereocenters. The molecule has 1 aromatic rings. The summed E-state index contributed by atoms with van der Waals surface area (Å²) in [5.74, 6) is 0.357. The molecule has 1 nitrogen and oxygen atoms in total. The fourth-order valence-electron chi connectivity index (χ4n) is 2.81. The molecule has 0 amide bonds. The first-order valence-corrected chi connectivity index (χ1v) is 6.63. The van der Waals surface area contributed by atoms with Crippen molar-refractivity contribution in [3.63, 3.8) is 0 Å². The molecule has 0 radical (unpaired) electrons. The highest BCUT2D eigenvalue weighted by Crippen LogP contribution is 2.48. The zero-order valence-corrected chi connectivity index (χ0v) is 10.6. The summed E-state index contributed by atoms with van der Waals surface area (Å²) in [6.45, 7) is 6.78. The third-order valence-electron chi connectivity index (χ3n) is 3.88. The number of aliphatic hydroxyl groups is 1. The molecular formula is C13H20OS. The average molecular weight is 224 g/mol. The molecule has 1 N–H and O–H groups in total. The highest BCUT2D eigenvalue weighted by molar-refractivity contribution is 7.08. The third-order valence-corrected chi connectivity index (χ3v) is 4.56. The van der Waals surface area contributed by atoms with E-state index in [4.69, 9.17) is 0 Å². The monoisotopic (exact) mass is 224 g/mol. The Kier molecular flexibility index (Phi) is 2.68. The minimum atomic E-state index is -0.574. The molecule has 0 aliphatic heterocycles. The van der Waals surface area contributed by atoms with E-state index < -0.39 is 5.60 Å². The minimum Gasteiger partial charge on any atom is -0.385 e. The topological polar surface area (TPSA) is 20.2 Å². The molecule has 2 unspecified atom stereocenters. The average Bonchev–Trinajstić information content (AvgIpc) is 2.64. The molecular weight excluding hydrogens is 204 g/mol. The molecule has 0 saturated heterocycles. The van der Waals surface area contributed by atoms with Crippen molar-refractivity contribution in [2.24, 2.45) is 11.3 Å². The fraction of sp³-hybridized carbons (Fsp3) is 0.692. The first-order chi connectivity index (χ1) is 6.94. The van der Waals surface area contributed by atoms with Gasteiger partial charge in [-0.1, -0.05) is 20.8 Å². The Morgan fingerprint density at radius 3 is 2.67 bits per heavy atom. The van der Waals surface area contributed by atoms with Gasteiger partial charge in [-0.3, -0.25) is 0 Å². The van der Waals surface area contributed by atoms with E-state index in [0.717, 1.165) is 24.8 Å². The van der Waals surface area contributed by atoms with Gasteiger partial charge in [0.05, 0.1) is 5.60 Å². The quantitative estimate of drug-likeness (QED) is 0.769. The summed E-state index contributed by atoms with van der Waals surface area (Å²) in [6, 6.07) is 2.07. The van der Waals surface area contributed by atoms with Gasteiger partial charge in [0.2, 0.25) is 0 Å². The Labute approximate surface area is 96.1 Å². The highest BCUT2D eigenvalue weighted by atomic mass is 32.1. The molecule has 0 bridgehead atoms. The van der Waals surface area contributed by atoms with Gasteiger partial charge in [-0.15, -0.1) is 0 Å². The van der Waals surface area contributed by atoms with Gasteiger partial charge in [-0.2, -0.15) is 11.3 Å². The molecule has 84 valence electrons. The Morgan fingerprint density at radius 2 is 2.13 bits per heavy atom. The van der Waals surface area contributed by atoms with Crippen molar-refractivity contribution >= 4 is 11.3 Å². The largest absolute Gasteiger partial charge is 0.385 e. The lowest BCUT2D eigenvalue weighted by molar-refractivity contribution is -0.0766. The van der Waals surface area contributed by atoms with E-state index in [2.05, 4.69) is 37.6 Å². The molecule has 1 heterocycles. The lowest BCUT2D eigenvalue weighted by Gasteiger charge is -2.45. The van der Waals surface area contributed by atoms with Crippen LogP contribution in [0.1, 0.15) is 45.6 Å². The summed E-state index contributed by atoms with van der Waals surface area (Å²) in [5.41, 5.74) is 0.937. The van der Waals surface area contributed by atoms with E-state index >= 15 is 0 Å². The maximum Gasteiger partial charge on any atom is 0.0930 e. The van der Waals surface area contributed by atoms with Gasteiger partial charge in [0.15, 0.2) is 0 Å². The van der Waals surface area contributed by atoms with Crippen LogP contribution in [0.4, 0.5) is 0 Å². The van der Waals surface area contributed by atoms with Crippen LogP contribution in [-0.4, -0.2) is 5.11 Å². The van der Waals surface area contributed by atoms with Crippen molar-refractivity contribution < 1.29 is 5.11 Å². The van der Waals surface area contributed by atoms with Gasteiger partial charge in [-0.25, -0.2) is 0 Å². The summed E-state index contributed by atoms with van der Waals surface area (Å²) in [5, 5.41) is 14.9. The van der Waals surface area contributed by atoms with E-state index in [1.54, 1.807) is 11.3 Å². The van der Waals surface area contributed by atoms with Gasteiger partial charge < -0.3 is 5.11 Å². The van der Waals surface area contributed by atoms with Crippen LogP contribution in [0.15, 0.2) is 16.8 Å². The van der Waals surface area contributed by atoms with Gasteiger partial charge in [0.1, 0.15) is 0 Å². The maximum absolute atomic E-state index is 10.7. The second kappa shape index (κ2) is 3.60. The molecule has 2 heteroatoms. The molecule has 1 fully saturated rings. The highest BCUT2D eigenvalue weighted by Gasteiger charge is 2.43. The Morgan fingerprint density at radius 1 is 1.40 bits per heavy atom. The first kappa shape index (κ1) is 11.2. The zero-order valence-electron chi connectivity index (χ0n) is 9.79. The first-order valence-electron chi connectivity index (χ1n) is 5.69.